The quantitative estimate of drug-likeness (QED) is 0.564. The lowest BCUT2D eigenvalue weighted by molar-refractivity contribution is 0.0997. The van der Waals surface area contributed by atoms with Gasteiger partial charge in [-0.2, -0.15) is 0 Å². The Hall–Kier alpha value is -3.27. The largest absolute Gasteiger partial charge is 0.495 e. The molecule has 4 nitrogen and oxygen atoms in total. The smallest absolute Gasteiger partial charge is 0.291 e. The molecule has 124 valence electrons. The molecule has 0 aliphatic heterocycles. The molecule has 0 radical (unpaired) electrons. The fraction of sp³-hybridized carbons (Fsp3) is 0.0952. The molecule has 0 fully saturated rings. The summed E-state index contributed by atoms with van der Waals surface area (Å²) in [6, 6.07) is 19.3. The zero-order valence-corrected chi connectivity index (χ0v) is 14.0. The van der Waals surface area contributed by atoms with Gasteiger partial charge in [0.05, 0.1) is 12.8 Å². The van der Waals surface area contributed by atoms with Crippen LogP contribution in [0, 0.1) is 6.92 Å². The molecule has 0 saturated carbocycles. The van der Waals surface area contributed by atoms with Gasteiger partial charge in [0.1, 0.15) is 11.3 Å². The lowest BCUT2D eigenvalue weighted by Crippen LogP contribution is -2.12. The number of benzene rings is 3. The number of anilines is 1. The summed E-state index contributed by atoms with van der Waals surface area (Å²) in [4.78, 5) is 12.7. The number of amides is 1. The predicted molar refractivity (Wildman–Crippen MR) is 99.4 cm³/mol. The standard InChI is InChI=1S/C21H17NO3/c1-13-15-12-11-14-7-3-4-8-16(14)20(15)25-19(13)21(23)22-17-9-5-6-10-18(17)24-2/h3-12H,1-2H3,(H,22,23). The van der Waals surface area contributed by atoms with Crippen LogP contribution in [0.25, 0.3) is 21.7 Å². The number of methoxy groups -OCH3 is 1. The molecule has 1 heterocycles. The molecule has 25 heavy (non-hydrogen) atoms. The summed E-state index contributed by atoms with van der Waals surface area (Å²) < 4.78 is 11.3. The zero-order chi connectivity index (χ0) is 17.4. The predicted octanol–water partition coefficient (Wildman–Crippen LogP) is 5.16. The van der Waals surface area contributed by atoms with E-state index in [0.717, 1.165) is 27.3 Å². The van der Waals surface area contributed by atoms with Crippen LogP contribution in [0.4, 0.5) is 5.69 Å². The Morgan fingerprint density at radius 2 is 1.72 bits per heavy atom. The third kappa shape index (κ3) is 2.52. The highest BCUT2D eigenvalue weighted by Gasteiger charge is 2.20. The van der Waals surface area contributed by atoms with Gasteiger partial charge in [0.2, 0.25) is 0 Å². The van der Waals surface area contributed by atoms with E-state index in [1.54, 1.807) is 19.2 Å². The van der Waals surface area contributed by atoms with Gasteiger partial charge >= 0.3 is 0 Å². The van der Waals surface area contributed by atoms with E-state index in [2.05, 4.69) is 5.32 Å². The van der Waals surface area contributed by atoms with E-state index in [9.17, 15) is 4.79 Å². The van der Waals surface area contributed by atoms with Gasteiger partial charge in [-0.3, -0.25) is 4.79 Å². The Kier molecular flexibility index (Phi) is 3.65. The average molecular weight is 331 g/mol. The van der Waals surface area contributed by atoms with Crippen molar-refractivity contribution in [2.24, 2.45) is 0 Å². The van der Waals surface area contributed by atoms with Gasteiger partial charge in [0.25, 0.3) is 5.91 Å². The molecule has 0 saturated heterocycles. The molecule has 1 amide bonds. The van der Waals surface area contributed by atoms with Crippen molar-refractivity contribution in [3.63, 3.8) is 0 Å². The van der Waals surface area contributed by atoms with E-state index in [4.69, 9.17) is 9.15 Å². The van der Waals surface area contributed by atoms with Crippen LogP contribution >= 0.6 is 0 Å². The first-order chi connectivity index (χ1) is 12.2. The van der Waals surface area contributed by atoms with Crippen molar-refractivity contribution in [1.29, 1.82) is 0 Å². The number of nitrogens with one attached hydrogen (secondary N) is 1. The summed E-state index contributed by atoms with van der Waals surface area (Å²) in [5, 5.41) is 5.90. The number of rotatable bonds is 3. The third-order valence-corrected chi connectivity index (χ3v) is 4.39. The second-order valence-electron chi connectivity index (χ2n) is 5.87. The fourth-order valence-electron chi connectivity index (χ4n) is 3.09. The Bertz CT molecular complexity index is 1090. The first-order valence-corrected chi connectivity index (χ1v) is 8.04. The number of fused-ring (bicyclic) bond motifs is 3. The summed E-state index contributed by atoms with van der Waals surface area (Å²) in [6.07, 6.45) is 0. The van der Waals surface area contributed by atoms with Gasteiger partial charge in [-0.05, 0) is 24.4 Å². The highest BCUT2D eigenvalue weighted by Crippen LogP contribution is 2.32. The number of ether oxygens (including phenoxy) is 1. The Morgan fingerprint density at radius 3 is 2.56 bits per heavy atom. The zero-order valence-electron chi connectivity index (χ0n) is 14.0. The topological polar surface area (TPSA) is 51.5 Å². The SMILES string of the molecule is COc1ccccc1NC(=O)c1oc2c(ccc3ccccc32)c1C. The molecule has 0 spiro atoms. The van der Waals surface area contributed by atoms with Crippen LogP contribution in [0.5, 0.6) is 5.75 Å². The molecule has 4 aromatic rings. The molecule has 0 atom stereocenters. The number of hydrogen-bond acceptors (Lipinski definition) is 3. The highest BCUT2D eigenvalue weighted by molar-refractivity contribution is 6.11. The van der Waals surface area contributed by atoms with Crippen LogP contribution in [0.3, 0.4) is 0 Å². The maximum absolute atomic E-state index is 12.7. The van der Waals surface area contributed by atoms with E-state index < -0.39 is 0 Å². The van der Waals surface area contributed by atoms with E-state index in [0.29, 0.717) is 17.2 Å². The number of carbonyl (C=O) groups excluding carboxylic acids is 1. The number of carbonyl (C=O) groups is 1. The monoisotopic (exact) mass is 331 g/mol. The maximum atomic E-state index is 12.7. The second kappa shape index (κ2) is 5.98. The lowest BCUT2D eigenvalue weighted by atomic mass is 10.1. The molecule has 4 heteroatoms. The van der Waals surface area contributed by atoms with Gasteiger partial charge in [-0.1, -0.05) is 48.5 Å². The van der Waals surface area contributed by atoms with Crippen LogP contribution in [0.1, 0.15) is 16.1 Å². The summed E-state index contributed by atoms with van der Waals surface area (Å²) in [5.41, 5.74) is 2.17. The minimum Gasteiger partial charge on any atom is -0.495 e. The van der Waals surface area contributed by atoms with Gasteiger partial charge in [-0.25, -0.2) is 0 Å². The van der Waals surface area contributed by atoms with Crippen molar-refractivity contribution in [2.75, 3.05) is 12.4 Å². The number of aryl methyl sites for hydroxylation is 1. The molecular formula is C21H17NO3. The lowest BCUT2D eigenvalue weighted by Gasteiger charge is -2.08. The normalized spacial score (nSPS) is 11.0. The summed E-state index contributed by atoms with van der Waals surface area (Å²) in [6.45, 7) is 1.90. The van der Waals surface area contributed by atoms with E-state index in [1.807, 2.05) is 55.5 Å². The summed E-state index contributed by atoms with van der Waals surface area (Å²) in [5.74, 6) is 0.634. The van der Waals surface area contributed by atoms with Crippen molar-refractivity contribution in [3.8, 4) is 5.75 Å². The van der Waals surface area contributed by atoms with E-state index in [-0.39, 0.29) is 5.91 Å². The second-order valence-corrected chi connectivity index (χ2v) is 5.87. The van der Waals surface area contributed by atoms with E-state index >= 15 is 0 Å². The van der Waals surface area contributed by atoms with Gasteiger partial charge in [0.15, 0.2) is 5.76 Å². The van der Waals surface area contributed by atoms with Gasteiger partial charge < -0.3 is 14.5 Å². The molecule has 0 bridgehead atoms. The Labute approximate surface area is 145 Å². The van der Waals surface area contributed by atoms with Crippen LogP contribution in [-0.4, -0.2) is 13.0 Å². The van der Waals surface area contributed by atoms with Crippen molar-refractivity contribution >= 4 is 33.3 Å². The number of furan rings is 1. The van der Waals surface area contributed by atoms with Crippen LogP contribution < -0.4 is 10.1 Å². The minimum absolute atomic E-state index is 0.290. The van der Waals surface area contributed by atoms with Crippen molar-refractivity contribution in [3.05, 3.63) is 72.0 Å². The molecule has 0 aliphatic rings. The highest BCUT2D eigenvalue weighted by atomic mass is 16.5. The van der Waals surface area contributed by atoms with Crippen LogP contribution in [-0.2, 0) is 0 Å². The Morgan fingerprint density at radius 1 is 0.960 bits per heavy atom. The molecule has 1 N–H and O–H groups in total. The number of para-hydroxylation sites is 2. The molecular weight excluding hydrogens is 314 g/mol. The first kappa shape index (κ1) is 15.3. The van der Waals surface area contributed by atoms with Crippen molar-refractivity contribution in [2.45, 2.75) is 6.92 Å². The average Bonchev–Trinajstić information content (AvgIpc) is 2.99. The van der Waals surface area contributed by atoms with Crippen molar-refractivity contribution in [1.82, 2.24) is 0 Å². The molecule has 1 aromatic heterocycles. The number of hydrogen-bond donors (Lipinski definition) is 1. The van der Waals surface area contributed by atoms with Crippen LogP contribution in [0.2, 0.25) is 0 Å². The van der Waals surface area contributed by atoms with Gasteiger partial charge in [0, 0.05) is 16.3 Å². The Balaban J connectivity index is 1.80. The first-order valence-electron chi connectivity index (χ1n) is 8.04. The summed E-state index contributed by atoms with van der Waals surface area (Å²) >= 11 is 0. The van der Waals surface area contributed by atoms with Crippen molar-refractivity contribution < 1.29 is 13.9 Å². The van der Waals surface area contributed by atoms with Crippen LogP contribution in [0.15, 0.2) is 65.1 Å². The maximum Gasteiger partial charge on any atom is 0.291 e. The fourth-order valence-corrected chi connectivity index (χ4v) is 3.09. The molecule has 3 aromatic carbocycles. The molecule has 4 rings (SSSR count). The van der Waals surface area contributed by atoms with E-state index in [1.165, 1.54) is 0 Å². The third-order valence-electron chi connectivity index (χ3n) is 4.39. The molecule has 0 aliphatic carbocycles. The summed E-state index contributed by atoms with van der Waals surface area (Å²) in [7, 11) is 1.57. The molecule has 0 unspecified atom stereocenters. The minimum atomic E-state index is -0.290. The van der Waals surface area contributed by atoms with Gasteiger partial charge in [-0.15, -0.1) is 0 Å².